The lowest BCUT2D eigenvalue weighted by Crippen LogP contribution is -2.51. The Hall–Kier alpha value is -4.34. The molecule has 6 heterocycles. The molecule has 2 aromatic heterocycles. The normalized spacial score (nSPS) is 26.4. The zero-order chi connectivity index (χ0) is 30.2. The number of alkyl halides is 1. The van der Waals surface area contributed by atoms with Crippen molar-refractivity contribution in [2.24, 2.45) is 0 Å². The summed E-state index contributed by atoms with van der Waals surface area (Å²) in [6.45, 7) is 2.84. The number of anilines is 1. The number of piperazine rings is 1. The lowest BCUT2D eigenvalue weighted by Gasteiger charge is -2.34. The molecule has 4 atom stereocenters. The molecule has 44 heavy (non-hydrogen) atoms. The van der Waals surface area contributed by atoms with Gasteiger partial charge in [-0.3, -0.25) is 9.69 Å². The SMILES string of the molecule is C#Cc1c(F)ccc2cc(O)cc(-n3ncc4c(N5C[C@H]6CC[C@@H](C5)N6)nc(OC[C@@]56CCCN5C[C@H](F)C6)nc4c3=O)c12. The van der Waals surface area contributed by atoms with E-state index >= 15 is 0 Å². The van der Waals surface area contributed by atoms with Gasteiger partial charge in [-0.1, -0.05) is 12.0 Å². The van der Waals surface area contributed by atoms with Crippen molar-refractivity contribution in [3.8, 4) is 29.8 Å². The fraction of sp³-hybridized carbons (Fsp3) is 0.438. The number of halogens is 2. The molecule has 8 rings (SSSR count). The van der Waals surface area contributed by atoms with E-state index in [1.807, 2.05) is 0 Å². The molecule has 4 saturated heterocycles. The van der Waals surface area contributed by atoms with Gasteiger partial charge in [-0.05, 0) is 49.7 Å². The summed E-state index contributed by atoms with van der Waals surface area (Å²) in [5.74, 6) is 2.16. The number of ether oxygens (including phenoxy) is 1. The molecule has 10 nitrogen and oxygen atoms in total. The van der Waals surface area contributed by atoms with E-state index in [1.54, 1.807) is 0 Å². The number of terminal acetylenes is 1. The molecular formula is C32H31F2N7O3. The molecule has 0 amide bonds. The molecule has 4 aliphatic heterocycles. The van der Waals surface area contributed by atoms with Gasteiger partial charge in [0.25, 0.3) is 5.56 Å². The van der Waals surface area contributed by atoms with Gasteiger partial charge in [0, 0.05) is 49.6 Å². The van der Waals surface area contributed by atoms with Crippen LogP contribution in [0.3, 0.4) is 0 Å². The number of nitrogens with one attached hydrogen (secondary N) is 1. The molecule has 0 aliphatic carbocycles. The first-order chi connectivity index (χ1) is 21.3. The van der Waals surface area contributed by atoms with Gasteiger partial charge < -0.3 is 20.1 Å². The van der Waals surface area contributed by atoms with Gasteiger partial charge in [0.2, 0.25) is 0 Å². The third kappa shape index (κ3) is 4.29. The molecule has 0 unspecified atom stereocenters. The van der Waals surface area contributed by atoms with Crippen LogP contribution >= 0.6 is 0 Å². The Balaban J connectivity index is 1.28. The predicted molar refractivity (Wildman–Crippen MR) is 161 cm³/mol. The first-order valence-corrected chi connectivity index (χ1v) is 15.1. The second-order valence-corrected chi connectivity index (χ2v) is 12.5. The van der Waals surface area contributed by atoms with Crippen molar-refractivity contribution in [3.63, 3.8) is 0 Å². The van der Waals surface area contributed by atoms with Gasteiger partial charge in [-0.15, -0.1) is 6.42 Å². The molecule has 2 bridgehead atoms. The predicted octanol–water partition coefficient (Wildman–Crippen LogP) is 3.05. The molecular weight excluding hydrogens is 568 g/mol. The third-order valence-corrected chi connectivity index (χ3v) is 9.75. The molecule has 0 saturated carbocycles. The molecule has 0 spiro atoms. The summed E-state index contributed by atoms with van der Waals surface area (Å²) in [6.07, 6.45) is 10.6. The summed E-state index contributed by atoms with van der Waals surface area (Å²) in [6, 6.07) is 6.14. The van der Waals surface area contributed by atoms with Crippen molar-refractivity contribution in [2.45, 2.75) is 55.9 Å². The van der Waals surface area contributed by atoms with E-state index in [-0.39, 0.29) is 40.5 Å². The van der Waals surface area contributed by atoms with Crippen LogP contribution in [0.5, 0.6) is 11.8 Å². The smallest absolute Gasteiger partial charge is 0.319 e. The van der Waals surface area contributed by atoms with E-state index in [2.05, 4.69) is 31.1 Å². The van der Waals surface area contributed by atoms with Crippen LogP contribution in [0.25, 0.3) is 27.4 Å². The lowest BCUT2D eigenvalue weighted by molar-refractivity contribution is 0.107. The Labute approximate surface area is 251 Å². The Kier molecular flexibility index (Phi) is 6.25. The van der Waals surface area contributed by atoms with E-state index < -0.39 is 23.1 Å². The first kappa shape index (κ1) is 27.2. The van der Waals surface area contributed by atoms with E-state index in [9.17, 15) is 18.7 Å². The number of fused-ring (bicyclic) bond motifs is 5. The van der Waals surface area contributed by atoms with E-state index in [0.29, 0.717) is 54.7 Å². The minimum Gasteiger partial charge on any atom is -0.508 e. The summed E-state index contributed by atoms with van der Waals surface area (Å²) in [7, 11) is 0. The average molecular weight is 600 g/mol. The summed E-state index contributed by atoms with van der Waals surface area (Å²) in [5, 5.41) is 19.8. The largest absolute Gasteiger partial charge is 0.508 e. The Morgan fingerprint density at radius 3 is 2.80 bits per heavy atom. The number of rotatable bonds is 5. The number of phenolic OH excluding ortho intramolecular Hbond substituents is 1. The number of hydrogen-bond donors (Lipinski definition) is 2. The van der Waals surface area contributed by atoms with Crippen LogP contribution in [-0.2, 0) is 0 Å². The maximum atomic E-state index is 14.8. The van der Waals surface area contributed by atoms with E-state index in [0.717, 1.165) is 36.9 Å². The second kappa shape index (κ2) is 10.1. The zero-order valence-electron chi connectivity index (χ0n) is 24.0. The summed E-state index contributed by atoms with van der Waals surface area (Å²) in [4.78, 5) is 27.9. The molecule has 4 aliphatic rings. The Morgan fingerprint density at radius 2 is 2.00 bits per heavy atom. The molecule has 226 valence electrons. The molecule has 12 heteroatoms. The lowest BCUT2D eigenvalue weighted by atomic mass is 9.95. The van der Waals surface area contributed by atoms with Gasteiger partial charge in [-0.25, -0.2) is 8.78 Å². The third-order valence-electron chi connectivity index (χ3n) is 9.75. The van der Waals surface area contributed by atoms with Crippen molar-refractivity contribution in [1.82, 2.24) is 30.0 Å². The van der Waals surface area contributed by atoms with Crippen molar-refractivity contribution < 1.29 is 18.6 Å². The van der Waals surface area contributed by atoms with Crippen molar-refractivity contribution >= 4 is 27.5 Å². The number of aromatic hydroxyl groups is 1. The Bertz CT molecular complexity index is 1910. The topological polar surface area (TPSA) is 109 Å². The minimum absolute atomic E-state index is 0.0351. The maximum Gasteiger partial charge on any atom is 0.319 e. The van der Waals surface area contributed by atoms with Gasteiger partial charge in [0.15, 0.2) is 0 Å². The molecule has 2 N–H and O–H groups in total. The molecule has 4 aromatic rings. The van der Waals surface area contributed by atoms with Crippen molar-refractivity contribution in [3.05, 3.63) is 52.2 Å². The maximum absolute atomic E-state index is 14.8. The number of nitrogens with zero attached hydrogens (tertiary/aromatic N) is 6. The van der Waals surface area contributed by atoms with Gasteiger partial charge in [-0.2, -0.15) is 19.7 Å². The molecule has 4 fully saturated rings. The van der Waals surface area contributed by atoms with Crippen molar-refractivity contribution in [1.29, 1.82) is 0 Å². The minimum atomic E-state index is -0.906. The number of aromatic nitrogens is 4. The summed E-state index contributed by atoms with van der Waals surface area (Å²) >= 11 is 0. The van der Waals surface area contributed by atoms with E-state index in [4.69, 9.17) is 16.1 Å². The molecule has 0 radical (unpaired) electrons. The zero-order valence-corrected chi connectivity index (χ0v) is 24.0. The van der Waals surface area contributed by atoms with Crippen LogP contribution in [0.1, 0.15) is 37.7 Å². The van der Waals surface area contributed by atoms with Crippen LogP contribution in [-0.4, -0.2) is 86.3 Å². The van der Waals surface area contributed by atoms with Crippen LogP contribution in [0.15, 0.2) is 35.3 Å². The highest BCUT2D eigenvalue weighted by atomic mass is 19.1. The average Bonchev–Trinajstić information content (AvgIpc) is 3.66. The van der Waals surface area contributed by atoms with Crippen LogP contribution in [0.4, 0.5) is 14.6 Å². The highest BCUT2D eigenvalue weighted by Gasteiger charge is 2.49. The summed E-state index contributed by atoms with van der Waals surface area (Å²) in [5.41, 5.74) is -0.864. The monoisotopic (exact) mass is 599 g/mol. The number of hydrogen-bond acceptors (Lipinski definition) is 9. The van der Waals surface area contributed by atoms with Crippen LogP contribution in [0, 0.1) is 18.2 Å². The standard InChI is InChI=1S/C32H31F2N7O3/c1-2-23-25(34)7-4-18-10-22(42)11-26(27(18)23)41-30(43)28-24(13-35-41)29(39-15-20-5-6-21(16-39)36-20)38-31(37-28)44-17-32-8-3-9-40(32)14-19(33)12-32/h1,4,7,10-11,13,19-21,36,42H,3,5-6,8-9,12,14-17H2/t19-,20-,21+,32+/m1/s1. The fourth-order valence-electron chi connectivity index (χ4n) is 7.79. The van der Waals surface area contributed by atoms with Gasteiger partial charge in [0.05, 0.1) is 28.4 Å². The van der Waals surface area contributed by atoms with E-state index in [1.165, 1.54) is 30.5 Å². The fourth-order valence-corrected chi connectivity index (χ4v) is 7.79. The second-order valence-electron chi connectivity index (χ2n) is 12.5. The highest BCUT2D eigenvalue weighted by Crippen LogP contribution is 2.40. The Morgan fingerprint density at radius 1 is 1.18 bits per heavy atom. The van der Waals surface area contributed by atoms with Crippen LogP contribution < -0.4 is 20.5 Å². The van der Waals surface area contributed by atoms with Crippen molar-refractivity contribution in [2.75, 3.05) is 37.7 Å². The molecule has 2 aromatic carbocycles. The number of benzene rings is 2. The summed E-state index contributed by atoms with van der Waals surface area (Å²) < 4.78 is 36.5. The quantitative estimate of drug-likeness (QED) is 0.335. The van der Waals surface area contributed by atoms with Gasteiger partial charge in [0.1, 0.15) is 35.7 Å². The highest BCUT2D eigenvalue weighted by molar-refractivity contribution is 5.97. The van der Waals surface area contributed by atoms with Crippen LogP contribution in [0.2, 0.25) is 0 Å². The van der Waals surface area contributed by atoms with Gasteiger partial charge >= 0.3 is 6.01 Å². The number of phenols is 1. The first-order valence-electron chi connectivity index (χ1n) is 15.1.